The highest BCUT2D eigenvalue weighted by Gasteiger charge is 2.49. The molecule has 2 bridgehead atoms. The summed E-state index contributed by atoms with van der Waals surface area (Å²) >= 11 is 0. The average molecular weight is 651 g/mol. The third-order valence-corrected chi connectivity index (χ3v) is 8.74. The summed E-state index contributed by atoms with van der Waals surface area (Å²) in [5.74, 6) is -1.17. The van der Waals surface area contributed by atoms with Crippen molar-refractivity contribution in [2.45, 2.75) is 131 Å². The van der Waals surface area contributed by atoms with E-state index in [2.05, 4.69) is 39.9 Å². The van der Waals surface area contributed by atoms with E-state index < -0.39 is 29.2 Å². The summed E-state index contributed by atoms with van der Waals surface area (Å²) < 4.78 is 24.1. The number of likely N-dealkylation sites (tertiary alicyclic amines) is 1. The predicted molar refractivity (Wildman–Crippen MR) is 178 cm³/mol. The summed E-state index contributed by atoms with van der Waals surface area (Å²) in [5, 5.41) is 10.9. The lowest BCUT2D eigenvalue weighted by Crippen LogP contribution is -2.58. The van der Waals surface area contributed by atoms with Crippen LogP contribution in [0.25, 0.3) is 0 Å². The monoisotopic (exact) mass is 650 g/mol. The standard InChI is InChI=1S/C21H29FN2O3.C7H16.C5H8O3.C3H6O/c1-12-13-9-10-14(11-13)24(12)20(26)18(21(2,3)4)23-19(25)15-7-6-8-16(27-5)17(15)22;1-4-6-7(3)5-2;1-4(3-6)2-5(7)8;1-3-2-4-3/h6-8,12-14,18H,9-11H2,1-5H3,(H,23,25);7H,4-6H2,1-3H3;3-4H,2H2,1H3,(H,7,8);3H,2H2,1H3/t12-,13+,14-,18?;;4-;3-/m1.01/s1. The number of halogens is 1. The number of carbonyl (C=O) groups is 4. The molecular weight excluding hydrogens is 591 g/mol. The van der Waals surface area contributed by atoms with Crippen LogP contribution in [0.2, 0.25) is 0 Å². The highest BCUT2D eigenvalue weighted by Crippen LogP contribution is 2.43. The number of methoxy groups -OCH3 is 1. The van der Waals surface area contributed by atoms with Crippen LogP contribution < -0.4 is 10.1 Å². The van der Waals surface area contributed by atoms with Gasteiger partial charge < -0.3 is 29.6 Å². The van der Waals surface area contributed by atoms with E-state index in [1.165, 1.54) is 38.5 Å². The Morgan fingerprint density at radius 3 is 2.15 bits per heavy atom. The van der Waals surface area contributed by atoms with Gasteiger partial charge in [-0.15, -0.1) is 0 Å². The zero-order valence-corrected chi connectivity index (χ0v) is 29.7. The number of carbonyl (C=O) groups excluding carboxylic acids is 3. The van der Waals surface area contributed by atoms with Crippen LogP contribution in [0.15, 0.2) is 18.2 Å². The van der Waals surface area contributed by atoms with Gasteiger partial charge in [0.1, 0.15) is 12.3 Å². The van der Waals surface area contributed by atoms with Crippen LogP contribution in [0.5, 0.6) is 5.75 Å². The maximum absolute atomic E-state index is 14.5. The zero-order chi connectivity index (χ0) is 35.2. The first-order valence-electron chi connectivity index (χ1n) is 16.8. The molecule has 9 nitrogen and oxygen atoms in total. The topological polar surface area (TPSA) is 126 Å². The molecule has 1 aromatic rings. The van der Waals surface area contributed by atoms with Crippen molar-refractivity contribution in [3.63, 3.8) is 0 Å². The van der Waals surface area contributed by atoms with Gasteiger partial charge in [-0.25, -0.2) is 4.39 Å². The van der Waals surface area contributed by atoms with Crippen molar-refractivity contribution in [2.24, 2.45) is 23.2 Å². The molecule has 3 fully saturated rings. The number of nitrogens with zero attached hydrogens (tertiary/aromatic N) is 1. The molecule has 1 aliphatic carbocycles. The molecule has 2 aliphatic heterocycles. The van der Waals surface area contributed by atoms with Crippen molar-refractivity contribution in [1.82, 2.24) is 10.2 Å². The second-order valence-electron chi connectivity index (χ2n) is 14.0. The van der Waals surface area contributed by atoms with Gasteiger partial charge >= 0.3 is 5.97 Å². The maximum Gasteiger partial charge on any atom is 0.304 e. The van der Waals surface area contributed by atoms with E-state index in [1.54, 1.807) is 13.0 Å². The van der Waals surface area contributed by atoms with E-state index in [1.807, 2.05) is 25.7 Å². The third kappa shape index (κ3) is 13.4. The van der Waals surface area contributed by atoms with Crippen LogP contribution in [-0.4, -0.2) is 72.0 Å². The first kappa shape index (κ1) is 41.0. The Balaban J connectivity index is 0.000000451. The van der Waals surface area contributed by atoms with Gasteiger partial charge in [0.05, 0.1) is 31.8 Å². The van der Waals surface area contributed by atoms with Crippen LogP contribution in [0.3, 0.4) is 0 Å². The predicted octanol–water partition coefficient (Wildman–Crippen LogP) is 6.91. The number of epoxide rings is 1. The number of rotatable bonds is 10. The van der Waals surface area contributed by atoms with Gasteiger partial charge in [0.2, 0.25) is 5.91 Å². The molecule has 0 radical (unpaired) electrons. The molecule has 46 heavy (non-hydrogen) atoms. The molecule has 2 saturated heterocycles. The minimum atomic E-state index is -0.926. The number of hydrogen-bond acceptors (Lipinski definition) is 6. The number of aldehydes is 1. The summed E-state index contributed by atoms with van der Waals surface area (Å²) in [7, 11) is 1.35. The van der Waals surface area contributed by atoms with Crippen molar-refractivity contribution in [2.75, 3.05) is 13.7 Å². The molecule has 7 atom stereocenters. The molecule has 2 amide bonds. The SMILES string of the molecule is CCCC(C)CC.COc1cccc(C(=O)NC(C(=O)N2[C@@H]3CC[C@@H](C3)[C@H]2C)C(C)(C)C)c1F.C[C@@H]1CO1.C[C@H](C=O)CC(=O)O. The molecule has 3 aliphatic rings. The van der Waals surface area contributed by atoms with Crippen molar-refractivity contribution >= 4 is 24.1 Å². The van der Waals surface area contributed by atoms with Gasteiger partial charge in [-0.3, -0.25) is 14.4 Å². The minimum Gasteiger partial charge on any atom is -0.494 e. The van der Waals surface area contributed by atoms with E-state index >= 15 is 0 Å². The number of nitrogens with one attached hydrogen (secondary N) is 1. The molecule has 0 aromatic heterocycles. The molecule has 0 spiro atoms. The van der Waals surface area contributed by atoms with E-state index in [-0.39, 0.29) is 41.6 Å². The molecule has 2 N–H and O–H groups in total. The van der Waals surface area contributed by atoms with Crippen molar-refractivity contribution in [3.8, 4) is 5.75 Å². The third-order valence-electron chi connectivity index (χ3n) is 8.74. The Morgan fingerprint density at radius 2 is 1.78 bits per heavy atom. The fourth-order valence-electron chi connectivity index (χ4n) is 5.59. The van der Waals surface area contributed by atoms with E-state index in [0.29, 0.717) is 18.3 Å². The first-order chi connectivity index (χ1) is 21.5. The Morgan fingerprint density at radius 1 is 1.17 bits per heavy atom. The number of benzene rings is 1. The van der Waals surface area contributed by atoms with Gasteiger partial charge in [-0.05, 0) is 62.5 Å². The maximum atomic E-state index is 14.5. The fourth-order valence-corrected chi connectivity index (χ4v) is 5.59. The lowest BCUT2D eigenvalue weighted by atomic mass is 9.84. The number of carboxylic acids is 1. The average Bonchev–Trinajstić information content (AvgIpc) is 3.52. The van der Waals surface area contributed by atoms with Gasteiger partial charge in [0.25, 0.3) is 5.91 Å². The molecule has 4 rings (SSSR count). The quantitative estimate of drug-likeness (QED) is 0.208. The van der Waals surface area contributed by atoms with Crippen molar-refractivity contribution in [1.29, 1.82) is 0 Å². The Bertz CT molecular complexity index is 1120. The molecule has 2 unspecified atom stereocenters. The molecular formula is C36H59FN2O7. The summed E-state index contributed by atoms with van der Waals surface area (Å²) in [4.78, 5) is 47.7. The van der Waals surface area contributed by atoms with Crippen LogP contribution in [0.4, 0.5) is 4.39 Å². The fraction of sp³-hybridized carbons (Fsp3) is 0.722. The number of piperidine rings is 1. The Labute approximate surface area is 276 Å². The summed E-state index contributed by atoms with van der Waals surface area (Å²) in [6, 6.07) is 4.14. The number of amides is 2. The molecule has 10 heteroatoms. The Hall–Kier alpha value is -3.01. The van der Waals surface area contributed by atoms with E-state index in [0.717, 1.165) is 31.8 Å². The lowest BCUT2D eigenvalue weighted by molar-refractivity contribution is -0.140. The van der Waals surface area contributed by atoms with E-state index in [9.17, 15) is 23.6 Å². The summed E-state index contributed by atoms with van der Waals surface area (Å²) in [6.45, 7) is 19.2. The highest BCUT2D eigenvalue weighted by atomic mass is 19.1. The largest absolute Gasteiger partial charge is 0.494 e. The second-order valence-corrected chi connectivity index (χ2v) is 14.0. The van der Waals surface area contributed by atoms with Crippen molar-refractivity contribution in [3.05, 3.63) is 29.6 Å². The number of carboxylic acid groups (broad SMARTS) is 1. The van der Waals surface area contributed by atoms with Crippen LogP contribution in [-0.2, 0) is 19.1 Å². The van der Waals surface area contributed by atoms with Crippen LogP contribution in [0.1, 0.15) is 118 Å². The number of hydrogen-bond donors (Lipinski definition) is 2. The number of fused-ring (bicyclic) bond motifs is 2. The molecule has 1 aromatic carbocycles. The normalized spacial score (nSPS) is 22.7. The summed E-state index contributed by atoms with van der Waals surface area (Å²) in [5.41, 5.74) is -0.615. The second kappa shape index (κ2) is 19.6. The Kier molecular flexibility index (Phi) is 17.5. The van der Waals surface area contributed by atoms with Gasteiger partial charge in [-0.2, -0.15) is 0 Å². The van der Waals surface area contributed by atoms with Crippen LogP contribution >= 0.6 is 0 Å². The number of ether oxygens (including phenoxy) is 2. The molecule has 2 heterocycles. The molecule has 1 saturated carbocycles. The van der Waals surface area contributed by atoms with Gasteiger partial charge in [0.15, 0.2) is 11.6 Å². The van der Waals surface area contributed by atoms with Crippen molar-refractivity contribution < 1.29 is 38.1 Å². The smallest absolute Gasteiger partial charge is 0.304 e. The van der Waals surface area contributed by atoms with Crippen LogP contribution in [0, 0.1) is 29.0 Å². The lowest BCUT2D eigenvalue weighted by Gasteiger charge is -2.39. The molecule has 262 valence electrons. The van der Waals surface area contributed by atoms with Gasteiger partial charge in [0, 0.05) is 18.0 Å². The number of aliphatic carboxylic acids is 1. The van der Waals surface area contributed by atoms with E-state index in [4.69, 9.17) is 14.6 Å². The minimum absolute atomic E-state index is 0.00626. The van der Waals surface area contributed by atoms with Gasteiger partial charge in [-0.1, -0.05) is 73.8 Å². The first-order valence-corrected chi connectivity index (χ1v) is 16.8. The highest BCUT2D eigenvalue weighted by molar-refractivity contribution is 5.98. The zero-order valence-electron chi connectivity index (χ0n) is 29.7. The summed E-state index contributed by atoms with van der Waals surface area (Å²) in [6.07, 6.45) is 8.46.